The summed E-state index contributed by atoms with van der Waals surface area (Å²) in [6.45, 7) is 9.49. The second kappa shape index (κ2) is 10.5. The average Bonchev–Trinajstić information content (AvgIpc) is 2.70. The highest BCUT2D eigenvalue weighted by atomic mass is 35.5. The molecule has 1 aromatic heterocycles. The number of aromatic nitrogens is 1. The van der Waals surface area contributed by atoms with Crippen LogP contribution in [0.3, 0.4) is 0 Å². The van der Waals surface area contributed by atoms with Gasteiger partial charge in [0.05, 0.1) is 7.11 Å². The number of hydrogen-bond donors (Lipinski definition) is 2. The van der Waals surface area contributed by atoms with Gasteiger partial charge in [0.25, 0.3) is 5.91 Å². The highest BCUT2D eigenvalue weighted by molar-refractivity contribution is 6.20. The molecule has 2 rings (SSSR count). The van der Waals surface area contributed by atoms with Crippen molar-refractivity contribution in [3.63, 3.8) is 0 Å². The summed E-state index contributed by atoms with van der Waals surface area (Å²) in [5, 5.41) is 12.6. The van der Waals surface area contributed by atoms with E-state index in [0.717, 1.165) is 16.7 Å². The predicted octanol–water partition coefficient (Wildman–Crippen LogP) is 4.08. The Balaban J connectivity index is 2.12. The maximum absolute atomic E-state index is 12.6. The van der Waals surface area contributed by atoms with Crippen molar-refractivity contribution in [2.75, 3.05) is 7.11 Å². The van der Waals surface area contributed by atoms with E-state index >= 15 is 0 Å². The van der Waals surface area contributed by atoms with Gasteiger partial charge in [-0.15, -0.1) is 0 Å². The predicted molar refractivity (Wildman–Crippen MR) is 119 cm³/mol. The third-order valence-electron chi connectivity index (χ3n) is 5.05. The van der Waals surface area contributed by atoms with Crippen LogP contribution in [0.2, 0.25) is 0 Å². The van der Waals surface area contributed by atoms with E-state index in [9.17, 15) is 14.7 Å². The first-order chi connectivity index (χ1) is 14.6. The fourth-order valence-electron chi connectivity index (χ4n) is 3.30. The van der Waals surface area contributed by atoms with Gasteiger partial charge in [-0.25, -0.2) is 9.78 Å². The molecule has 0 aliphatic carbocycles. The molecule has 0 spiro atoms. The summed E-state index contributed by atoms with van der Waals surface area (Å²) in [6.07, 6.45) is 1.32. The second-order valence-electron chi connectivity index (χ2n) is 7.82. The number of carbonyl (C=O) groups excluding carboxylic acids is 2. The Morgan fingerprint density at radius 2 is 1.84 bits per heavy atom. The Morgan fingerprint density at radius 1 is 1.16 bits per heavy atom. The van der Waals surface area contributed by atoms with Gasteiger partial charge < -0.3 is 19.9 Å². The number of benzene rings is 1. The summed E-state index contributed by atoms with van der Waals surface area (Å²) in [5.74, 6) is -1.85. The van der Waals surface area contributed by atoms with Gasteiger partial charge in [0.2, 0.25) is 0 Å². The fourth-order valence-corrected chi connectivity index (χ4v) is 3.81. The van der Waals surface area contributed by atoms with Crippen molar-refractivity contribution in [2.45, 2.75) is 52.1 Å². The maximum Gasteiger partial charge on any atom is 0.329 e. The highest BCUT2D eigenvalue weighted by Gasteiger charge is 2.31. The minimum atomic E-state index is -1.01. The number of halogens is 1. The number of aromatic hydroxyl groups is 1. The summed E-state index contributed by atoms with van der Waals surface area (Å²) in [7, 11) is 1.36. The number of nitrogens with zero attached hydrogens (tertiary/aromatic N) is 1. The number of esters is 1. The zero-order valence-electron chi connectivity index (χ0n) is 18.6. The number of aryl methyl sites for hydroxylation is 2. The SMILES string of the molecule is COc1ccnc(C(=O)N[C@@H](C)C(=O)O[C@@H](Cl)[C@H](c2cc(C)ccc2C)C(C)C)c1O. The number of hydrogen-bond acceptors (Lipinski definition) is 6. The highest BCUT2D eigenvalue weighted by Crippen LogP contribution is 2.34. The van der Waals surface area contributed by atoms with Crippen LogP contribution in [0.5, 0.6) is 11.5 Å². The third kappa shape index (κ3) is 5.88. The zero-order valence-corrected chi connectivity index (χ0v) is 19.4. The van der Waals surface area contributed by atoms with E-state index in [1.807, 2.05) is 45.9 Å². The number of methoxy groups -OCH3 is 1. The van der Waals surface area contributed by atoms with Crippen LogP contribution in [0.1, 0.15) is 53.9 Å². The molecule has 0 aliphatic heterocycles. The molecule has 0 bridgehead atoms. The molecule has 7 nitrogen and oxygen atoms in total. The van der Waals surface area contributed by atoms with Gasteiger partial charge >= 0.3 is 5.97 Å². The number of carbonyl (C=O) groups is 2. The molecule has 168 valence electrons. The van der Waals surface area contributed by atoms with E-state index in [1.54, 1.807) is 0 Å². The Bertz CT molecular complexity index is 948. The number of alkyl halides is 1. The number of rotatable bonds is 8. The molecule has 2 aromatic rings. The van der Waals surface area contributed by atoms with Crippen LogP contribution >= 0.6 is 11.6 Å². The monoisotopic (exact) mass is 448 g/mol. The van der Waals surface area contributed by atoms with Crippen LogP contribution in [-0.4, -0.2) is 40.7 Å². The van der Waals surface area contributed by atoms with E-state index in [-0.39, 0.29) is 23.3 Å². The lowest BCUT2D eigenvalue weighted by atomic mass is 9.85. The zero-order chi connectivity index (χ0) is 23.3. The van der Waals surface area contributed by atoms with Crippen molar-refractivity contribution < 1.29 is 24.2 Å². The average molecular weight is 449 g/mol. The Labute approximate surface area is 187 Å². The third-order valence-corrected chi connectivity index (χ3v) is 5.41. The number of pyridine rings is 1. The lowest BCUT2D eigenvalue weighted by Crippen LogP contribution is -2.41. The minimum absolute atomic E-state index is 0.101. The Hall–Kier alpha value is -2.80. The molecule has 0 fully saturated rings. The minimum Gasteiger partial charge on any atom is -0.503 e. The first-order valence-electron chi connectivity index (χ1n) is 10.0. The number of amides is 1. The van der Waals surface area contributed by atoms with Gasteiger partial charge in [-0.05, 0) is 37.8 Å². The van der Waals surface area contributed by atoms with Gasteiger partial charge in [0, 0.05) is 18.2 Å². The summed E-state index contributed by atoms with van der Waals surface area (Å²) >= 11 is 6.53. The largest absolute Gasteiger partial charge is 0.503 e. The van der Waals surface area contributed by atoms with Crippen molar-refractivity contribution in [1.82, 2.24) is 10.3 Å². The van der Waals surface area contributed by atoms with E-state index in [1.165, 1.54) is 26.3 Å². The number of nitrogens with one attached hydrogen (secondary N) is 1. The molecule has 3 atom stereocenters. The molecule has 2 N–H and O–H groups in total. The van der Waals surface area contributed by atoms with Gasteiger partial charge in [-0.1, -0.05) is 49.2 Å². The van der Waals surface area contributed by atoms with Crippen molar-refractivity contribution in [1.29, 1.82) is 0 Å². The van der Waals surface area contributed by atoms with Crippen molar-refractivity contribution in [3.8, 4) is 11.5 Å². The van der Waals surface area contributed by atoms with Gasteiger partial charge in [0.1, 0.15) is 6.04 Å². The van der Waals surface area contributed by atoms with Crippen molar-refractivity contribution in [3.05, 3.63) is 52.8 Å². The molecule has 0 aliphatic rings. The molecule has 31 heavy (non-hydrogen) atoms. The molecule has 0 saturated heterocycles. The van der Waals surface area contributed by atoms with Crippen LogP contribution in [-0.2, 0) is 9.53 Å². The molecule has 0 saturated carbocycles. The second-order valence-corrected chi connectivity index (χ2v) is 8.25. The molecule has 1 heterocycles. The van der Waals surface area contributed by atoms with Crippen LogP contribution in [0.15, 0.2) is 30.5 Å². The topological polar surface area (TPSA) is 97.8 Å². The van der Waals surface area contributed by atoms with E-state index in [2.05, 4.69) is 10.3 Å². The molecule has 0 radical (unpaired) electrons. The Kier molecular flexibility index (Phi) is 8.28. The molecular formula is C23H29ClN2O5. The fraction of sp³-hybridized carbons (Fsp3) is 0.435. The summed E-state index contributed by atoms with van der Waals surface area (Å²) in [4.78, 5) is 28.9. The van der Waals surface area contributed by atoms with Crippen LogP contribution in [0, 0.1) is 19.8 Å². The summed E-state index contributed by atoms with van der Waals surface area (Å²) in [6, 6.07) is 6.49. The summed E-state index contributed by atoms with van der Waals surface area (Å²) < 4.78 is 10.5. The molecular weight excluding hydrogens is 420 g/mol. The number of ether oxygens (including phenoxy) is 2. The maximum atomic E-state index is 12.6. The quantitative estimate of drug-likeness (QED) is 0.466. The van der Waals surface area contributed by atoms with Gasteiger partial charge in [-0.2, -0.15) is 0 Å². The lowest BCUT2D eigenvalue weighted by molar-refractivity contribution is -0.148. The standard InChI is InChI=1S/C23H29ClN2O5/c1-12(2)18(16-11-13(3)7-8-14(16)4)21(24)31-23(29)15(5)26-22(28)19-20(27)17(30-6)9-10-25-19/h7-12,15,18,21,27H,1-6H3,(H,26,28)/t15-,18-,21+/m0/s1. The first-order valence-corrected chi connectivity index (χ1v) is 10.4. The van der Waals surface area contributed by atoms with E-state index < -0.39 is 29.2 Å². The molecule has 8 heteroatoms. The molecule has 1 aromatic carbocycles. The first kappa shape index (κ1) is 24.5. The Morgan fingerprint density at radius 3 is 2.45 bits per heavy atom. The normalized spacial score (nSPS) is 13.9. The summed E-state index contributed by atoms with van der Waals surface area (Å²) in [5.41, 5.74) is 2.00. The molecule has 0 unspecified atom stereocenters. The van der Waals surface area contributed by atoms with Crippen LogP contribution < -0.4 is 10.1 Å². The van der Waals surface area contributed by atoms with E-state index in [4.69, 9.17) is 21.1 Å². The van der Waals surface area contributed by atoms with Crippen molar-refractivity contribution >= 4 is 23.5 Å². The van der Waals surface area contributed by atoms with Crippen LogP contribution in [0.4, 0.5) is 0 Å². The lowest BCUT2D eigenvalue weighted by Gasteiger charge is -2.28. The van der Waals surface area contributed by atoms with Crippen molar-refractivity contribution in [2.24, 2.45) is 5.92 Å². The van der Waals surface area contributed by atoms with Gasteiger partial charge in [-0.3, -0.25) is 4.79 Å². The molecule has 1 amide bonds. The van der Waals surface area contributed by atoms with Gasteiger partial charge in [0.15, 0.2) is 22.8 Å². The van der Waals surface area contributed by atoms with E-state index in [0.29, 0.717) is 0 Å². The van der Waals surface area contributed by atoms with Crippen LogP contribution in [0.25, 0.3) is 0 Å². The smallest absolute Gasteiger partial charge is 0.329 e.